The fraction of sp³-hybridized carbons (Fsp3) is 0. The molecule has 1 heterocycles. The van der Waals surface area contributed by atoms with Crippen molar-refractivity contribution in [3.8, 4) is 0 Å². The van der Waals surface area contributed by atoms with Gasteiger partial charge in [-0.2, -0.15) is 4.99 Å². The first-order valence-electron chi connectivity index (χ1n) is 4.07. The SMILES string of the molecule is NC(=O)N=C1C(=O)Nc2ccc(F)cc21. The zero-order chi connectivity index (χ0) is 11.0. The molecular weight excluding hydrogens is 201 g/mol. The molecule has 5 nitrogen and oxygen atoms in total. The second-order valence-electron chi connectivity index (χ2n) is 2.94. The van der Waals surface area contributed by atoms with Gasteiger partial charge in [0.15, 0.2) is 0 Å². The van der Waals surface area contributed by atoms with E-state index in [0.29, 0.717) is 5.69 Å². The van der Waals surface area contributed by atoms with Gasteiger partial charge in [-0.05, 0) is 18.2 Å². The number of aliphatic imine (C=N–C) groups is 1. The van der Waals surface area contributed by atoms with Gasteiger partial charge in [-0.15, -0.1) is 0 Å². The number of carbonyl (C=O) groups is 2. The Kier molecular flexibility index (Phi) is 1.96. The summed E-state index contributed by atoms with van der Waals surface area (Å²) in [7, 11) is 0. The molecule has 1 aliphatic heterocycles. The molecule has 1 aliphatic rings. The van der Waals surface area contributed by atoms with Crippen molar-refractivity contribution in [3.05, 3.63) is 29.6 Å². The van der Waals surface area contributed by atoms with Crippen LogP contribution in [0.15, 0.2) is 23.2 Å². The molecular formula is C9H6FN3O2. The lowest BCUT2D eigenvalue weighted by molar-refractivity contribution is -0.110. The maximum absolute atomic E-state index is 12.9. The normalized spacial score (nSPS) is 16.3. The number of fused-ring (bicyclic) bond motifs is 1. The quantitative estimate of drug-likeness (QED) is 0.654. The van der Waals surface area contributed by atoms with Crippen LogP contribution in [0, 0.1) is 5.82 Å². The Balaban J connectivity index is 2.58. The third kappa shape index (κ3) is 1.56. The van der Waals surface area contributed by atoms with E-state index in [-0.39, 0.29) is 11.3 Å². The maximum Gasteiger partial charge on any atom is 0.339 e. The minimum atomic E-state index is -0.989. The van der Waals surface area contributed by atoms with Gasteiger partial charge >= 0.3 is 6.03 Å². The highest BCUT2D eigenvalue weighted by atomic mass is 19.1. The number of urea groups is 1. The van der Waals surface area contributed by atoms with Crippen molar-refractivity contribution >= 4 is 23.3 Å². The predicted octanol–water partition coefficient (Wildman–Crippen LogP) is 0.646. The Morgan fingerprint density at radius 2 is 2.20 bits per heavy atom. The first kappa shape index (κ1) is 9.32. The van der Waals surface area contributed by atoms with Gasteiger partial charge in [0.05, 0.1) is 5.69 Å². The zero-order valence-electron chi connectivity index (χ0n) is 7.45. The first-order valence-corrected chi connectivity index (χ1v) is 4.07. The number of carbonyl (C=O) groups excluding carboxylic acids is 2. The number of nitrogens with one attached hydrogen (secondary N) is 1. The van der Waals surface area contributed by atoms with Crippen molar-refractivity contribution in [2.24, 2.45) is 10.7 Å². The van der Waals surface area contributed by atoms with Crippen LogP contribution in [0.25, 0.3) is 0 Å². The monoisotopic (exact) mass is 207 g/mol. The largest absolute Gasteiger partial charge is 0.350 e. The Bertz CT molecular complexity index is 496. The minimum Gasteiger partial charge on any atom is -0.350 e. The molecule has 0 radical (unpaired) electrons. The zero-order valence-corrected chi connectivity index (χ0v) is 7.45. The molecule has 0 bridgehead atoms. The molecule has 3 amide bonds. The number of benzene rings is 1. The summed E-state index contributed by atoms with van der Waals surface area (Å²) in [4.78, 5) is 25.2. The van der Waals surface area contributed by atoms with Crippen molar-refractivity contribution in [1.82, 2.24) is 0 Å². The Morgan fingerprint density at radius 1 is 1.47 bits per heavy atom. The number of hydrogen-bond donors (Lipinski definition) is 2. The van der Waals surface area contributed by atoms with Gasteiger partial charge in [0, 0.05) is 5.56 Å². The summed E-state index contributed by atoms with van der Waals surface area (Å²) in [6, 6.07) is 2.73. The summed E-state index contributed by atoms with van der Waals surface area (Å²) in [5.74, 6) is -1.07. The van der Waals surface area contributed by atoms with Gasteiger partial charge < -0.3 is 11.1 Å². The molecule has 0 fully saturated rings. The van der Waals surface area contributed by atoms with Crippen LogP contribution < -0.4 is 11.1 Å². The average Bonchev–Trinajstić information content (AvgIpc) is 2.43. The summed E-state index contributed by atoms with van der Waals surface area (Å²) in [5.41, 5.74) is 5.34. The molecule has 0 saturated heterocycles. The van der Waals surface area contributed by atoms with E-state index in [4.69, 9.17) is 5.73 Å². The number of nitrogens with two attached hydrogens (primary N) is 1. The molecule has 2 rings (SSSR count). The Labute approximate surface area is 83.8 Å². The van der Waals surface area contributed by atoms with Gasteiger partial charge in [0.2, 0.25) is 0 Å². The van der Waals surface area contributed by atoms with Gasteiger partial charge in [-0.1, -0.05) is 0 Å². The number of primary amides is 1. The third-order valence-corrected chi connectivity index (χ3v) is 1.92. The summed E-state index contributed by atoms with van der Waals surface area (Å²) in [6.07, 6.45) is 0. The van der Waals surface area contributed by atoms with Crippen molar-refractivity contribution in [1.29, 1.82) is 0 Å². The van der Waals surface area contributed by atoms with Gasteiger partial charge in [0.25, 0.3) is 5.91 Å². The highest BCUT2D eigenvalue weighted by Gasteiger charge is 2.26. The molecule has 0 spiro atoms. The highest BCUT2D eigenvalue weighted by Crippen LogP contribution is 2.23. The second-order valence-corrected chi connectivity index (χ2v) is 2.94. The number of hydrogen-bond acceptors (Lipinski definition) is 2. The van der Waals surface area contributed by atoms with E-state index in [1.54, 1.807) is 0 Å². The molecule has 15 heavy (non-hydrogen) atoms. The summed E-state index contributed by atoms with van der Waals surface area (Å²) in [6.45, 7) is 0. The van der Waals surface area contributed by atoms with Crippen LogP contribution in [0.1, 0.15) is 5.56 Å². The standard InChI is InChI=1S/C9H6FN3O2/c10-4-1-2-6-5(3-4)7(8(14)12-6)13-9(11)15/h1-3H,(H3,11,12,13,14,15). The first-order chi connectivity index (χ1) is 7.08. The molecule has 3 N–H and O–H groups in total. The average molecular weight is 207 g/mol. The lowest BCUT2D eigenvalue weighted by Crippen LogP contribution is -2.18. The highest BCUT2D eigenvalue weighted by molar-refractivity contribution is 6.54. The summed E-state index contributed by atoms with van der Waals surface area (Å²) in [5, 5.41) is 2.44. The van der Waals surface area contributed by atoms with E-state index < -0.39 is 17.8 Å². The fourth-order valence-corrected chi connectivity index (χ4v) is 1.35. The molecule has 1 aromatic carbocycles. The van der Waals surface area contributed by atoms with Gasteiger partial charge in [0.1, 0.15) is 11.5 Å². The van der Waals surface area contributed by atoms with Gasteiger partial charge in [-0.25, -0.2) is 9.18 Å². The number of rotatable bonds is 0. The van der Waals surface area contributed by atoms with Crippen LogP contribution in [-0.4, -0.2) is 17.6 Å². The van der Waals surface area contributed by atoms with Crippen LogP contribution in [0.2, 0.25) is 0 Å². The number of anilines is 1. The second kappa shape index (κ2) is 3.16. The van der Waals surface area contributed by atoms with E-state index in [2.05, 4.69) is 10.3 Å². The van der Waals surface area contributed by atoms with Crippen molar-refractivity contribution in [3.63, 3.8) is 0 Å². The summed E-state index contributed by atoms with van der Waals surface area (Å²) >= 11 is 0. The Morgan fingerprint density at radius 3 is 2.87 bits per heavy atom. The van der Waals surface area contributed by atoms with Crippen molar-refractivity contribution in [2.45, 2.75) is 0 Å². The van der Waals surface area contributed by atoms with Crippen LogP contribution >= 0.6 is 0 Å². The lowest BCUT2D eigenvalue weighted by atomic mass is 10.1. The minimum absolute atomic E-state index is 0.156. The third-order valence-electron chi connectivity index (χ3n) is 1.92. The number of amides is 3. The smallest absolute Gasteiger partial charge is 0.339 e. The van der Waals surface area contributed by atoms with Crippen LogP contribution in [-0.2, 0) is 4.79 Å². The Hall–Kier alpha value is -2.24. The molecule has 76 valence electrons. The van der Waals surface area contributed by atoms with E-state index in [1.807, 2.05) is 0 Å². The van der Waals surface area contributed by atoms with Crippen molar-refractivity contribution in [2.75, 3.05) is 5.32 Å². The van der Waals surface area contributed by atoms with Crippen LogP contribution in [0.3, 0.4) is 0 Å². The molecule has 0 aromatic heterocycles. The van der Waals surface area contributed by atoms with E-state index in [9.17, 15) is 14.0 Å². The predicted molar refractivity (Wildman–Crippen MR) is 51.2 cm³/mol. The molecule has 0 atom stereocenters. The summed E-state index contributed by atoms with van der Waals surface area (Å²) < 4.78 is 12.9. The molecule has 6 heteroatoms. The van der Waals surface area contributed by atoms with E-state index >= 15 is 0 Å². The molecule has 0 unspecified atom stereocenters. The topological polar surface area (TPSA) is 84.6 Å². The van der Waals surface area contributed by atoms with Crippen LogP contribution in [0.5, 0.6) is 0 Å². The molecule has 0 saturated carbocycles. The number of halogens is 1. The fourth-order valence-electron chi connectivity index (χ4n) is 1.35. The van der Waals surface area contributed by atoms with Crippen LogP contribution in [0.4, 0.5) is 14.9 Å². The van der Waals surface area contributed by atoms with Crippen molar-refractivity contribution < 1.29 is 14.0 Å². The lowest BCUT2D eigenvalue weighted by Gasteiger charge is -1.96. The molecule has 1 aromatic rings. The van der Waals surface area contributed by atoms with E-state index in [1.165, 1.54) is 12.1 Å². The number of nitrogens with zero attached hydrogens (tertiary/aromatic N) is 1. The van der Waals surface area contributed by atoms with Gasteiger partial charge in [-0.3, -0.25) is 4.79 Å². The maximum atomic E-state index is 12.9. The molecule has 0 aliphatic carbocycles. The van der Waals surface area contributed by atoms with E-state index in [0.717, 1.165) is 6.07 Å².